The van der Waals surface area contributed by atoms with Crippen LogP contribution in [0.15, 0.2) is 30.3 Å². The van der Waals surface area contributed by atoms with Crippen LogP contribution in [0.25, 0.3) is 0 Å². The predicted octanol–water partition coefficient (Wildman–Crippen LogP) is 2.63. The molecule has 1 aromatic carbocycles. The fourth-order valence-corrected chi connectivity index (χ4v) is 5.33. The van der Waals surface area contributed by atoms with Crippen molar-refractivity contribution in [2.24, 2.45) is 11.3 Å². The Hall–Kier alpha value is -2.22. The van der Waals surface area contributed by atoms with E-state index in [4.69, 9.17) is 18.9 Å². The van der Waals surface area contributed by atoms with Crippen molar-refractivity contribution >= 4 is 25.4 Å². The van der Waals surface area contributed by atoms with Gasteiger partial charge in [0.1, 0.15) is 0 Å². The standard InChI is InChI=1S/C21H30NO8P/c1-15(20(26)28-12-10-16-7-5-4-6-8-16)13-31(27)29-14-21(2,3)18(30-31)19(25)22-11-9-17(23)24/h4-8,15,18H,9-14H2,1-3H3,(H,22,25)(H,23,24)/t15-,18+,31?/m1/s1. The van der Waals surface area contributed by atoms with Gasteiger partial charge in [-0.15, -0.1) is 0 Å². The van der Waals surface area contributed by atoms with Crippen LogP contribution in [0.1, 0.15) is 32.8 Å². The molecule has 1 unspecified atom stereocenters. The summed E-state index contributed by atoms with van der Waals surface area (Å²) < 4.78 is 29.4. The molecule has 1 aliphatic rings. The van der Waals surface area contributed by atoms with Crippen molar-refractivity contribution in [3.05, 3.63) is 35.9 Å². The smallest absolute Gasteiger partial charge is 0.332 e. The summed E-state index contributed by atoms with van der Waals surface area (Å²) in [5.74, 6) is -2.88. The highest BCUT2D eigenvalue weighted by atomic mass is 31.2. The molecule has 3 atom stereocenters. The molecule has 0 aliphatic carbocycles. The van der Waals surface area contributed by atoms with Gasteiger partial charge in [-0.2, -0.15) is 0 Å². The maximum atomic E-state index is 13.1. The number of aliphatic carboxylic acids is 1. The molecule has 1 amide bonds. The number of ether oxygens (including phenoxy) is 1. The van der Waals surface area contributed by atoms with Crippen LogP contribution in [-0.4, -0.2) is 55.0 Å². The molecule has 0 saturated carbocycles. The number of carbonyl (C=O) groups is 3. The quantitative estimate of drug-likeness (QED) is 0.407. The van der Waals surface area contributed by atoms with Crippen LogP contribution in [0.2, 0.25) is 0 Å². The Morgan fingerprint density at radius 1 is 1.29 bits per heavy atom. The molecule has 0 aromatic heterocycles. The first-order chi connectivity index (χ1) is 14.5. The number of esters is 1. The summed E-state index contributed by atoms with van der Waals surface area (Å²) in [5, 5.41) is 11.2. The molecule has 172 valence electrons. The number of carboxylic acid groups (broad SMARTS) is 1. The number of carbonyl (C=O) groups excluding carboxylic acids is 2. The van der Waals surface area contributed by atoms with Crippen molar-refractivity contribution in [1.29, 1.82) is 0 Å². The Labute approximate surface area is 182 Å². The van der Waals surface area contributed by atoms with Gasteiger partial charge in [-0.3, -0.25) is 23.5 Å². The molecule has 9 nitrogen and oxygen atoms in total. The van der Waals surface area contributed by atoms with Crippen molar-refractivity contribution in [3.8, 4) is 0 Å². The number of nitrogens with one attached hydrogen (secondary N) is 1. The average Bonchev–Trinajstić information content (AvgIpc) is 2.70. The van der Waals surface area contributed by atoms with Gasteiger partial charge in [-0.1, -0.05) is 51.1 Å². The van der Waals surface area contributed by atoms with E-state index in [1.165, 1.54) is 0 Å². The fraction of sp³-hybridized carbons (Fsp3) is 0.571. The van der Waals surface area contributed by atoms with E-state index >= 15 is 0 Å². The summed E-state index contributed by atoms with van der Waals surface area (Å²) in [6.07, 6.45) is -0.982. The lowest BCUT2D eigenvalue weighted by molar-refractivity contribution is -0.147. The Balaban J connectivity index is 1.90. The second kappa shape index (κ2) is 10.9. The van der Waals surface area contributed by atoms with Crippen molar-refractivity contribution in [2.75, 3.05) is 25.9 Å². The first kappa shape index (κ1) is 25.0. The fourth-order valence-electron chi connectivity index (χ4n) is 3.02. The van der Waals surface area contributed by atoms with Crippen LogP contribution in [0, 0.1) is 11.3 Å². The highest BCUT2D eigenvalue weighted by molar-refractivity contribution is 7.54. The number of rotatable bonds is 10. The summed E-state index contributed by atoms with van der Waals surface area (Å²) in [4.78, 5) is 35.4. The molecular weight excluding hydrogens is 425 g/mol. The van der Waals surface area contributed by atoms with Crippen molar-refractivity contribution < 1.29 is 37.8 Å². The lowest BCUT2D eigenvalue weighted by Crippen LogP contribution is -2.50. The minimum Gasteiger partial charge on any atom is -0.481 e. The topological polar surface area (TPSA) is 128 Å². The van der Waals surface area contributed by atoms with E-state index in [-0.39, 0.29) is 32.3 Å². The average molecular weight is 455 g/mol. The van der Waals surface area contributed by atoms with Gasteiger partial charge in [0.25, 0.3) is 0 Å². The van der Waals surface area contributed by atoms with Crippen LogP contribution < -0.4 is 5.32 Å². The molecule has 1 aliphatic heterocycles. The molecule has 1 saturated heterocycles. The number of amides is 1. The SMILES string of the molecule is C[C@H](CP1(=O)OCC(C)(C)[C@H](C(=O)NCCC(=O)O)O1)C(=O)OCCc1ccccc1. The molecule has 0 bridgehead atoms. The van der Waals surface area contributed by atoms with Crippen LogP contribution >= 0.6 is 7.60 Å². The molecule has 1 aromatic rings. The predicted molar refractivity (Wildman–Crippen MR) is 113 cm³/mol. The van der Waals surface area contributed by atoms with Crippen LogP contribution in [0.3, 0.4) is 0 Å². The monoisotopic (exact) mass is 455 g/mol. The van der Waals surface area contributed by atoms with Gasteiger partial charge in [-0.25, -0.2) is 0 Å². The zero-order valence-electron chi connectivity index (χ0n) is 18.0. The lowest BCUT2D eigenvalue weighted by atomic mass is 9.87. The van der Waals surface area contributed by atoms with E-state index in [1.807, 2.05) is 30.3 Å². The van der Waals surface area contributed by atoms with E-state index in [0.29, 0.717) is 6.42 Å². The molecule has 10 heteroatoms. The van der Waals surface area contributed by atoms with Crippen LogP contribution in [0.5, 0.6) is 0 Å². The summed E-state index contributed by atoms with van der Waals surface area (Å²) >= 11 is 0. The molecule has 2 rings (SSSR count). The van der Waals surface area contributed by atoms with Crippen molar-refractivity contribution in [1.82, 2.24) is 5.32 Å². The third-order valence-electron chi connectivity index (χ3n) is 4.86. The molecule has 0 spiro atoms. The molecule has 0 radical (unpaired) electrons. The van der Waals surface area contributed by atoms with Gasteiger partial charge >= 0.3 is 19.5 Å². The van der Waals surface area contributed by atoms with Crippen LogP contribution in [-0.2, 0) is 39.2 Å². The molecule has 1 heterocycles. The van der Waals surface area contributed by atoms with E-state index in [9.17, 15) is 18.9 Å². The maximum absolute atomic E-state index is 13.1. The maximum Gasteiger partial charge on any atom is 0.332 e. The summed E-state index contributed by atoms with van der Waals surface area (Å²) in [6.45, 7) is 5.13. The normalized spacial score (nSPS) is 23.5. The van der Waals surface area contributed by atoms with Gasteiger partial charge in [0, 0.05) is 18.4 Å². The Bertz CT molecular complexity index is 826. The Kier molecular flexibility index (Phi) is 8.79. The van der Waals surface area contributed by atoms with Gasteiger partial charge in [-0.05, 0) is 5.56 Å². The number of hydrogen-bond acceptors (Lipinski definition) is 7. The molecule has 31 heavy (non-hydrogen) atoms. The van der Waals surface area contributed by atoms with E-state index in [1.54, 1.807) is 20.8 Å². The minimum absolute atomic E-state index is 0.00291. The number of benzene rings is 1. The number of hydrogen-bond donors (Lipinski definition) is 2. The largest absolute Gasteiger partial charge is 0.481 e. The van der Waals surface area contributed by atoms with Gasteiger partial charge < -0.3 is 19.7 Å². The summed E-state index contributed by atoms with van der Waals surface area (Å²) in [6, 6.07) is 9.57. The highest BCUT2D eigenvalue weighted by Gasteiger charge is 2.48. The minimum atomic E-state index is -3.73. The first-order valence-corrected chi connectivity index (χ1v) is 11.9. The lowest BCUT2D eigenvalue weighted by Gasteiger charge is -2.40. The first-order valence-electron chi connectivity index (χ1n) is 10.1. The third-order valence-corrected chi connectivity index (χ3v) is 6.91. The van der Waals surface area contributed by atoms with Crippen molar-refractivity contribution in [2.45, 2.75) is 39.7 Å². The second-order valence-electron chi connectivity index (χ2n) is 8.28. The summed E-state index contributed by atoms with van der Waals surface area (Å²) in [5.41, 5.74) is 0.259. The zero-order chi connectivity index (χ0) is 23.1. The Morgan fingerprint density at radius 3 is 2.61 bits per heavy atom. The van der Waals surface area contributed by atoms with E-state index < -0.39 is 42.9 Å². The van der Waals surface area contributed by atoms with Gasteiger partial charge in [0.15, 0.2) is 6.10 Å². The zero-order valence-corrected chi connectivity index (χ0v) is 18.9. The summed E-state index contributed by atoms with van der Waals surface area (Å²) in [7, 11) is -3.73. The number of carboxylic acids is 1. The van der Waals surface area contributed by atoms with Crippen LogP contribution in [0.4, 0.5) is 0 Å². The van der Waals surface area contributed by atoms with E-state index in [2.05, 4.69) is 5.32 Å². The van der Waals surface area contributed by atoms with E-state index in [0.717, 1.165) is 5.56 Å². The third kappa shape index (κ3) is 7.76. The van der Waals surface area contributed by atoms with Gasteiger partial charge in [0.2, 0.25) is 5.91 Å². The Morgan fingerprint density at radius 2 is 1.97 bits per heavy atom. The van der Waals surface area contributed by atoms with Crippen molar-refractivity contribution in [3.63, 3.8) is 0 Å². The second-order valence-corrected chi connectivity index (χ2v) is 10.3. The molecular formula is C21H30NO8P. The molecule has 2 N–H and O–H groups in total. The molecule has 1 fully saturated rings. The highest BCUT2D eigenvalue weighted by Crippen LogP contribution is 2.57. The van der Waals surface area contributed by atoms with Gasteiger partial charge in [0.05, 0.1) is 31.7 Å².